The van der Waals surface area contributed by atoms with Gasteiger partial charge in [-0.05, 0) is 0 Å². The van der Waals surface area contributed by atoms with Crippen molar-refractivity contribution in [3.63, 3.8) is 0 Å². The summed E-state index contributed by atoms with van der Waals surface area (Å²) in [6, 6.07) is 0. The Morgan fingerprint density at radius 2 is 0.955 bits per heavy atom. The molecule has 8 nitrogen and oxygen atoms in total. The fraction of sp³-hybridized carbons (Fsp3) is 1.00. The highest BCUT2D eigenvalue weighted by atomic mass is 31.2. The van der Waals surface area contributed by atoms with Crippen LogP contribution in [0.15, 0.2) is 0 Å². The van der Waals surface area contributed by atoms with E-state index in [2.05, 4.69) is 0 Å². The predicted molar refractivity (Wildman–Crippen MR) is 83.5 cm³/mol. The summed E-state index contributed by atoms with van der Waals surface area (Å²) in [4.78, 5) is 18.8. The Balaban J connectivity index is 3.46. The molecule has 0 aromatic rings. The standard InChI is InChI=1S/C12H28O8P2/c1-11(2)21(13,14)19-9-7-17-5-6-18-8-10-20-22(15,16)12(3)4/h11-12H,5-10H2,1-4H3,(H,13,14)(H,15,16). The minimum absolute atomic E-state index is 0.0388. The maximum absolute atomic E-state index is 11.4. The normalized spacial score (nSPS) is 17.6. The van der Waals surface area contributed by atoms with E-state index in [1.165, 1.54) is 0 Å². The van der Waals surface area contributed by atoms with Gasteiger partial charge in [-0.1, -0.05) is 27.7 Å². The minimum Gasteiger partial charge on any atom is -0.377 e. The first kappa shape index (κ1) is 22.2. The zero-order valence-corrected chi connectivity index (χ0v) is 15.4. The van der Waals surface area contributed by atoms with Crippen molar-refractivity contribution in [2.24, 2.45) is 0 Å². The van der Waals surface area contributed by atoms with E-state index >= 15 is 0 Å². The average Bonchev–Trinajstić information content (AvgIpc) is 2.40. The quantitative estimate of drug-likeness (QED) is 0.379. The van der Waals surface area contributed by atoms with Gasteiger partial charge in [-0.25, -0.2) is 0 Å². The van der Waals surface area contributed by atoms with Crippen LogP contribution in [0.1, 0.15) is 27.7 Å². The molecule has 0 fully saturated rings. The van der Waals surface area contributed by atoms with Crippen molar-refractivity contribution in [3.8, 4) is 0 Å². The van der Waals surface area contributed by atoms with Crippen molar-refractivity contribution in [1.82, 2.24) is 0 Å². The van der Waals surface area contributed by atoms with Gasteiger partial charge in [-0.15, -0.1) is 0 Å². The van der Waals surface area contributed by atoms with Crippen molar-refractivity contribution >= 4 is 15.2 Å². The molecule has 2 atom stereocenters. The van der Waals surface area contributed by atoms with Crippen molar-refractivity contribution in [1.29, 1.82) is 0 Å². The van der Waals surface area contributed by atoms with Crippen LogP contribution in [0.25, 0.3) is 0 Å². The van der Waals surface area contributed by atoms with E-state index in [0.29, 0.717) is 13.2 Å². The van der Waals surface area contributed by atoms with Gasteiger partial charge in [0.1, 0.15) is 0 Å². The molecular formula is C12H28O8P2. The van der Waals surface area contributed by atoms with Crippen LogP contribution in [0, 0.1) is 0 Å². The summed E-state index contributed by atoms with van der Waals surface area (Å²) >= 11 is 0. The topological polar surface area (TPSA) is 112 Å². The van der Waals surface area contributed by atoms with Crippen LogP contribution in [-0.4, -0.2) is 60.7 Å². The van der Waals surface area contributed by atoms with E-state index in [1.807, 2.05) is 0 Å². The molecule has 0 aliphatic heterocycles. The smallest absolute Gasteiger partial charge is 0.330 e. The molecule has 0 bridgehead atoms. The Kier molecular flexibility index (Phi) is 11.0. The molecule has 0 aromatic heterocycles. The van der Waals surface area contributed by atoms with Crippen molar-refractivity contribution in [2.45, 2.75) is 39.0 Å². The molecule has 0 radical (unpaired) electrons. The molecule has 0 saturated heterocycles. The summed E-state index contributed by atoms with van der Waals surface area (Å²) < 4.78 is 43.0. The molecule has 0 aliphatic rings. The molecule has 0 aromatic carbocycles. The molecule has 0 heterocycles. The Labute approximate surface area is 132 Å². The highest BCUT2D eigenvalue weighted by Gasteiger charge is 2.24. The molecule has 10 heteroatoms. The lowest BCUT2D eigenvalue weighted by molar-refractivity contribution is 0.0250. The van der Waals surface area contributed by atoms with E-state index in [9.17, 15) is 18.9 Å². The molecule has 0 amide bonds. The first-order chi connectivity index (χ1) is 10.1. The molecule has 0 aliphatic carbocycles. The third-order valence-electron chi connectivity index (χ3n) is 2.69. The maximum atomic E-state index is 11.4. The van der Waals surface area contributed by atoms with Gasteiger partial charge in [-0.3, -0.25) is 9.13 Å². The lowest BCUT2D eigenvalue weighted by Gasteiger charge is -2.15. The summed E-state index contributed by atoms with van der Waals surface area (Å²) in [6.07, 6.45) is 0. The number of hydrogen-bond donors (Lipinski definition) is 2. The first-order valence-corrected chi connectivity index (χ1v) is 10.5. The van der Waals surface area contributed by atoms with Crippen LogP contribution in [0.2, 0.25) is 0 Å². The van der Waals surface area contributed by atoms with E-state index in [0.717, 1.165) is 0 Å². The van der Waals surface area contributed by atoms with Gasteiger partial charge in [0.2, 0.25) is 0 Å². The minimum atomic E-state index is -3.54. The third-order valence-corrected chi connectivity index (χ3v) is 6.40. The lowest BCUT2D eigenvalue weighted by atomic mass is 10.6. The lowest BCUT2D eigenvalue weighted by Crippen LogP contribution is -2.12. The van der Waals surface area contributed by atoms with Crippen LogP contribution < -0.4 is 0 Å². The van der Waals surface area contributed by atoms with Gasteiger partial charge < -0.3 is 28.3 Å². The molecule has 2 unspecified atom stereocenters. The monoisotopic (exact) mass is 362 g/mol. The van der Waals surface area contributed by atoms with Crippen LogP contribution in [0.4, 0.5) is 0 Å². The Bertz CT molecular complexity index is 349. The first-order valence-electron chi connectivity index (χ1n) is 7.19. The fourth-order valence-electron chi connectivity index (χ4n) is 1.07. The van der Waals surface area contributed by atoms with Gasteiger partial charge >= 0.3 is 15.2 Å². The molecule has 0 rings (SSSR count). The summed E-state index contributed by atoms with van der Waals surface area (Å²) in [5, 5.41) is 0. The second kappa shape index (κ2) is 10.9. The second-order valence-electron chi connectivity index (χ2n) is 5.21. The van der Waals surface area contributed by atoms with Crippen LogP contribution in [-0.2, 0) is 27.7 Å². The maximum Gasteiger partial charge on any atom is 0.330 e. The molecule has 0 spiro atoms. The van der Waals surface area contributed by atoms with Crippen molar-refractivity contribution < 1.29 is 37.4 Å². The van der Waals surface area contributed by atoms with E-state index < -0.39 is 26.5 Å². The highest BCUT2D eigenvalue weighted by Crippen LogP contribution is 2.47. The van der Waals surface area contributed by atoms with Gasteiger partial charge in [0.05, 0.1) is 51.0 Å². The van der Waals surface area contributed by atoms with Gasteiger partial charge in [0, 0.05) is 0 Å². The summed E-state index contributed by atoms with van der Waals surface area (Å²) in [7, 11) is -7.07. The van der Waals surface area contributed by atoms with Crippen molar-refractivity contribution in [3.05, 3.63) is 0 Å². The Morgan fingerprint density at radius 3 is 1.23 bits per heavy atom. The van der Waals surface area contributed by atoms with Gasteiger partial charge in [0.15, 0.2) is 0 Å². The Hall–Kier alpha value is 0.220. The number of rotatable bonds is 13. The molecular weight excluding hydrogens is 334 g/mol. The molecule has 22 heavy (non-hydrogen) atoms. The Morgan fingerprint density at radius 1 is 0.682 bits per heavy atom. The number of ether oxygens (including phenoxy) is 2. The molecule has 2 N–H and O–H groups in total. The third kappa shape index (κ3) is 10.1. The molecule has 134 valence electrons. The number of hydrogen-bond acceptors (Lipinski definition) is 6. The largest absolute Gasteiger partial charge is 0.377 e. The van der Waals surface area contributed by atoms with Crippen LogP contribution in [0.3, 0.4) is 0 Å². The zero-order chi connectivity index (χ0) is 17.2. The van der Waals surface area contributed by atoms with Gasteiger partial charge in [0.25, 0.3) is 0 Å². The van der Waals surface area contributed by atoms with E-state index in [4.69, 9.17) is 18.5 Å². The fourth-order valence-corrected chi connectivity index (χ4v) is 2.34. The highest BCUT2D eigenvalue weighted by molar-refractivity contribution is 7.53. The second-order valence-corrected chi connectivity index (χ2v) is 10.0. The van der Waals surface area contributed by atoms with Crippen LogP contribution >= 0.6 is 15.2 Å². The SMILES string of the molecule is CC(C)P(=O)(O)OCCOCCOCCOP(=O)(O)C(C)C. The van der Waals surface area contributed by atoms with Crippen LogP contribution in [0.5, 0.6) is 0 Å². The summed E-state index contributed by atoms with van der Waals surface area (Å²) in [5.74, 6) is 0. The predicted octanol–water partition coefficient (Wildman–Crippen LogP) is 2.24. The van der Waals surface area contributed by atoms with Crippen molar-refractivity contribution in [2.75, 3.05) is 39.6 Å². The summed E-state index contributed by atoms with van der Waals surface area (Å²) in [6.45, 7) is 7.50. The van der Waals surface area contributed by atoms with E-state index in [-0.39, 0.29) is 26.4 Å². The average molecular weight is 362 g/mol. The molecule has 0 saturated carbocycles. The van der Waals surface area contributed by atoms with E-state index in [1.54, 1.807) is 27.7 Å². The van der Waals surface area contributed by atoms with Gasteiger partial charge in [-0.2, -0.15) is 0 Å². The zero-order valence-electron chi connectivity index (χ0n) is 13.6. The summed E-state index contributed by atoms with van der Waals surface area (Å²) in [5.41, 5.74) is -0.881.